The van der Waals surface area contributed by atoms with Crippen LogP contribution in [-0.4, -0.2) is 234 Å². The van der Waals surface area contributed by atoms with Gasteiger partial charge in [0.05, 0.1) is 25.4 Å². The molecule has 0 bridgehead atoms. The van der Waals surface area contributed by atoms with Crippen LogP contribution in [0.5, 0.6) is 0 Å². The van der Waals surface area contributed by atoms with Crippen molar-refractivity contribution >= 4 is 21.6 Å². The summed E-state index contributed by atoms with van der Waals surface area (Å²) in [5.74, 6) is -0.975. The predicted octanol–water partition coefficient (Wildman–Crippen LogP) is 4.11. The molecule has 1 heterocycles. The topological polar surface area (TPSA) is 463 Å². The number of unbranched alkanes of at least 4 members (excludes halogenated alkanes) is 32. The van der Waals surface area contributed by atoms with Crippen molar-refractivity contribution in [3.8, 4) is 0 Å². The zero-order chi connectivity index (χ0) is 67.5. The fourth-order valence-electron chi connectivity index (χ4n) is 12.0. The molecular weight excluding hydrogens is 1240 g/mol. The van der Waals surface area contributed by atoms with E-state index in [4.69, 9.17) is 27.6 Å². The summed E-state index contributed by atoms with van der Waals surface area (Å²) in [7, 11) is -11.1. The maximum absolute atomic E-state index is 13.7. The first-order valence-electron chi connectivity index (χ1n) is 34.4. The summed E-state index contributed by atoms with van der Waals surface area (Å²) < 4.78 is 57.3. The minimum Gasteiger partial charge on any atom is -0.390 e. The SMILES string of the molecule is CCCCCCCCCCCCCCCCCCCCCCCCC(O)C(=O)N[C@@H](COP(=O)(O)O[C@@H]1[C@H](O)[C@H](O[C@@H]2O[C@H](COP(=O)(O)OC3[C@H](O)[C@H](O)C(O)[C@H](O)[C@H]3O)[C@@H](O)[C@H](O)[C@@H]2O)[C@@H](O)[C@H](O)[C@H]1O)[C@H](O)[C@H](O)CCCCCCCCCCCCCC. The number of rotatable bonds is 52. The molecule has 0 radical (unpaired) electrons. The molecule has 0 aromatic heterocycles. The second-order valence-corrected chi connectivity index (χ2v) is 28.6. The van der Waals surface area contributed by atoms with Crippen LogP contribution >= 0.6 is 15.6 Å². The van der Waals surface area contributed by atoms with Gasteiger partial charge in [-0.2, -0.15) is 0 Å². The normalized spacial score (nSPS) is 31.6. The van der Waals surface area contributed by atoms with E-state index < -0.39 is 163 Å². The van der Waals surface area contributed by atoms with Crippen molar-refractivity contribution in [1.82, 2.24) is 5.32 Å². The van der Waals surface area contributed by atoms with Crippen molar-refractivity contribution < 1.29 is 128 Å². The molecule has 540 valence electrons. The number of nitrogens with one attached hydrogen (secondary N) is 1. The summed E-state index contributed by atoms with van der Waals surface area (Å²) in [6.45, 7) is 2.11. The molecule has 23 atom stereocenters. The molecule has 2 aliphatic carbocycles. The summed E-state index contributed by atoms with van der Waals surface area (Å²) in [4.78, 5) is 34.8. The Balaban J connectivity index is 1.55. The lowest BCUT2D eigenvalue weighted by molar-refractivity contribution is -0.338. The number of phosphoric acid groups is 2. The van der Waals surface area contributed by atoms with Gasteiger partial charge in [-0.15, -0.1) is 0 Å². The number of carbonyl (C=O) groups is 1. The van der Waals surface area contributed by atoms with E-state index in [1.54, 1.807) is 0 Å². The number of phosphoric ester groups is 2. The molecule has 3 aliphatic rings. The zero-order valence-electron chi connectivity index (χ0n) is 54.2. The number of aliphatic hydroxyl groups is 15. The number of aliphatic hydroxyl groups excluding tert-OH is 15. The lowest BCUT2D eigenvalue weighted by Crippen LogP contribution is -2.67. The van der Waals surface area contributed by atoms with Gasteiger partial charge in [0.1, 0.15) is 110 Å². The average molecular weight is 1360 g/mol. The van der Waals surface area contributed by atoms with Gasteiger partial charge in [0, 0.05) is 0 Å². The van der Waals surface area contributed by atoms with E-state index in [2.05, 4.69) is 19.2 Å². The molecule has 0 aromatic rings. The van der Waals surface area contributed by atoms with E-state index in [9.17, 15) is 100 Å². The zero-order valence-corrected chi connectivity index (χ0v) is 56.0. The first-order valence-corrected chi connectivity index (χ1v) is 37.4. The fourth-order valence-corrected chi connectivity index (χ4v) is 14.0. The van der Waals surface area contributed by atoms with Gasteiger partial charge in [0.15, 0.2) is 6.29 Å². The molecule has 29 heteroatoms. The molecule has 3 rings (SSSR count). The van der Waals surface area contributed by atoms with Crippen LogP contribution in [0.4, 0.5) is 0 Å². The molecule has 1 amide bonds. The molecule has 1 saturated heterocycles. The summed E-state index contributed by atoms with van der Waals surface area (Å²) in [6, 6.07) is -1.66. The Labute approximate surface area is 539 Å². The highest BCUT2D eigenvalue weighted by Crippen LogP contribution is 2.49. The Morgan fingerprint density at radius 2 is 0.725 bits per heavy atom. The van der Waals surface area contributed by atoms with E-state index in [0.717, 1.165) is 64.2 Å². The van der Waals surface area contributed by atoms with E-state index in [1.807, 2.05) is 0 Å². The molecule has 5 unspecified atom stereocenters. The smallest absolute Gasteiger partial charge is 0.390 e. The molecule has 1 aliphatic heterocycles. The quantitative estimate of drug-likeness (QED) is 0.0301. The largest absolute Gasteiger partial charge is 0.472 e. The molecule has 91 heavy (non-hydrogen) atoms. The van der Waals surface area contributed by atoms with Gasteiger partial charge < -0.3 is 101 Å². The third-order valence-corrected chi connectivity index (χ3v) is 20.0. The van der Waals surface area contributed by atoms with Crippen molar-refractivity contribution in [3.63, 3.8) is 0 Å². The van der Waals surface area contributed by atoms with Crippen molar-refractivity contribution in [3.05, 3.63) is 0 Å². The lowest BCUT2D eigenvalue weighted by Gasteiger charge is -2.47. The minimum atomic E-state index is -5.62. The number of hydrogen-bond donors (Lipinski definition) is 18. The maximum atomic E-state index is 13.7. The molecule has 27 nitrogen and oxygen atoms in total. The van der Waals surface area contributed by atoms with Gasteiger partial charge in [-0.05, 0) is 12.8 Å². The molecule has 18 N–H and O–H groups in total. The maximum Gasteiger partial charge on any atom is 0.472 e. The van der Waals surface area contributed by atoms with Crippen LogP contribution in [0.3, 0.4) is 0 Å². The summed E-state index contributed by atoms with van der Waals surface area (Å²) >= 11 is 0. The van der Waals surface area contributed by atoms with Crippen molar-refractivity contribution in [2.24, 2.45) is 0 Å². The Bertz CT molecular complexity index is 1960. The van der Waals surface area contributed by atoms with Crippen LogP contribution in [0.15, 0.2) is 0 Å². The Kier molecular flexibility index (Phi) is 42.9. The number of hydrogen-bond acceptors (Lipinski definition) is 24. The van der Waals surface area contributed by atoms with E-state index >= 15 is 0 Å². The molecule has 2 saturated carbocycles. The van der Waals surface area contributed by atoms with Gasteiger partial charge in [-0.3, -0.25) is 22.9 Å². The van der Waals surface area contributed by atoms with E-state index in [-0.39, 0.29) is 12.8 Å². The van der Waals surface area contributed by atoms with Crippen molar-refractivity contribution in [2.45, 2.75) is 373 Å². The molecular formula is C62H121NO26P2. The Hall–Kier alpha value is -0.990. The Morgan fingerprint density at radius 1 is 0.407 bits per heavy atom. The fraction of sp³-hybridized carbons (Fsp3) is 0.984. The standard InChI is InChI=1S/C62H121NO26P2/c1-3-5-7-9-11-13-15-17-18-19-20-21-22-23-24-25-26-28-30-32-34-36-38-43(65)61(79)63-41(45(66)42(64)37-35-33-31-29-27-16-14-12-10-8-6-4-2)39-84-90(80,81)89-60-55(76)51(72)52(73)58(57(60)78)87-62-56(77)47(68)46(67)44(86-62)40-85-91(82,83)88-59-53(74)49(70)48(69)50(71)54(59)75/h41-60,62,64-78H,3-40H2,1-2H3,(H,63,79)(H,80,81)(H,82,83)/t41-,42+,43?,44+,45-,46+,47-,48?,49-,50+,51-,52-,53+,54+,55+,56-,57+,58+,59?,60-,62-/m0/s1. The molecule has 0 spiro atoms. The van der Waals surface area contributed by atoms with Crippen LogP contribution in [-0.2, 0) is 41.5 Å². The summed E-state index contributed by atoms with van der Waals surface area (Å²) in [6.07, 6.45) is -4.19. The second-order valence-electron chi connectivity index (χ2n) is 25.8. The number of ether oxygens (including phenoxy) is 2. The second kappa shape index (κ2) is 46.3. The van der Waals surface area contributed by atoms with Gasteiger partial charge in [-0.25, -0.2) is 9.13 Å². The van der Waals surface area contributed by atoms with Crippen LogP contribution in [0.25, 0.3) is 0 Å². The van der Waals surface area contributed by atoms with Crippen LogP contribution < -0.4 is 5.32 Å². The highest BCUT2D eigenvalue weighted by atomic mass is 31.2. The van der Waals surface area contributed by atoms with Crippen molar-refractivity contribution in [1.29, 1.82) is 0 Å². The van der Waals surface area contributed by atoms with Crippen LogP contribution in [0.2, 0.25) is 0 Å². The van der Waals surface area contributed by atoms with Gasteiger partial charge in [-0.1, -0.05) is 232 Å². The first kappa shape index (κ1) is 84.2. The first-order chi connectivity index (χ1) is 43.3. The van der Waals surface area contributed by atoms with Crippen LogP contribution in [0.1, 0.15) is 245 Å². The summed E-state index contributed by atoms with van der Waals surface area (Å²) in [5.41, 5.74) is 0. The minimum absolute atomic E-state index is 0.0486. The lowest BCUT2D eigenvalue weighted by atomic mass is 9.84. The monoisotopic (exact) mass is 1360 g/mol. The molecule has 3 fully saturated rings. The molecule has 0 aromatic carbocycles. The van der Waals surface area contributed by atoms with Crippen molar-refractivity contribution in [2.75, 3.05) is 13.2 Å². The van der Waals surface area contributed by atoms with Gasteiger partial charge in [0.25, 0.3) is 0 Å². The highest BCUT2D eigenvalue weighted by Gasteiger charge is 2.56. The summed E-state index contributed by atoms with van der Waals surface area (Å²) in [5, 5.41) is 163. The number of carbonyl (C=O) groups excluding carboxylic acids is 1. The third-order valence-electron chi connectivity index (χ3n) is 18.0. The van der Waals surface area contributed by atoms with E-state index in [0.29, 0.717) is 12.8 Å². The van der Waals surface area contributed by atoms with E-state index in [1.165, 1.54) is 141 Å². The Morgan fingerprint density at radius 3 is 1.13 bits per heavy atom. The van der Waals surface area contributed by atoms with Crippen LogP contribution in [0, 0.1) is 0 Å². The predicted molar refractivity (Wildman–Crippen MR) is 334 cm³/mol. The van der Waals surface area contributed by atoms with Gasteiger partial charge >= 0.3 is 15.6 Å². The third kappa shape index (κ3) is 31.2. The van der Waals surface area contributed by atoms with Gasteiger partial charge in [0.2, 0.25) is 5.91 Å². The number of amides is 1. The highest BCUT2D eigenvalue weighted by molar-refractivity contribution is 7.47. The average Bonchev–Trinajstić information content (AvgIpc) is 0.965.